The van der Waals surface area contributed by atoms with Crippen LogP contribution in [-0.2, 0) is 20.5 Å². The molecule has 0 saturated carbocycles. The van der Waals surface area contributed by atoms with Gasteiger partial charge in [-0.2, -0.15) is 13.2 Å². The number of amides is 2. The third-order valence-electron chi connectivity index (χ3n) is 3.11. The Balaban J connectivity index is 3.08. The van der Waals surface area contributed by atoms with Gasteiger partial charge in [0.25, 0.3) is 0 Å². The second-order valence-electron chi connectivity index (χ2n) is 6.64. The fourth-order valence-electron chi connectivity index (χ4n) is 2.01. The fraction of sp³-hybridized carbons (Fsp3) is 0.471. The lowest BCUT2D eigenvalue weighted by Gasteiger charge is -2.24. The summed E-state index contributed by atoms with van der Waals surface area (Å²) < 4.78 is 43.8. The summed E-state index contributed by atoms with van der Waals surface area (Å²) in [5.74, 6) is -2.02. The summed E-state index contributed by atoms with van der Waals surface area (Å²) in [5.41, 5.74) is -2.00. The number of hydrogen-bond acceptors (Lipinski definition) is 4. The number of rotatable bonds is 6. The van der Waals surface area contributed by atoms with E-state index in [1.807, 2.05) is 0 Å². The van der Waals surface area contributed by atoms with Gasteiger partial charge in [0.15, 0.2) is 0 Å². The highest BCUT2D eigenvalue weighted by atomic mass is 19.4. The number of carboxylic acids is 1. The topological polar surface area (TPSA) is 105 Å². The maximum atomic E-state index is 12.9. The average Bonchev–Trinajstić information content (AvgIpc) is 2.49. The molecule has 0 radical (unpaired) electrons. The van der Waals surface area contributed by atoms with Crippen molar-refractivity contribution in [3.8, 4) is 0 Å². The summed E-state index contributed by atoms with van der Waals surface area (Å²) >= 11 is 0. The first-order chi connectivity index (χ1) is 12.3. The molecule has 0 heterocycles. The Kier molecular flexibility index (Phi) is 7.21. The van der Waals surface area contributed by atoms with Gasteiger partial charge in [-0.15, -0.1) is 0 Å². The SMILES string of the molecule is CC(C)(C)OC(=O)NC(C(=O)NCCC(=O)O)c1cccc(C(F)(F)F)c1. The molecule has 0 fully saturated rings. The molecule has 3 N–H and O–H groups in total. The standard InChI is InChI=1S/C17H21F3N2O5/c1-16(2,3)27-15(26)22-13(14(25)21-8-7-12(23)24)10-5-4-6-11(9-10)17(18,19)20/h4-6,9,13H,7-8H2,1-3H3,(H,21,25)(H,22,26)(H,23,24). The number of halogens is 3. The van der Waals surface area contributed by atoms with Crippen LogP contribution in [0.3, 0.4) is 0 Å². The summed E-state index contributed by atoms with van der Waals surface area (Å²) in [7, 11) is 0. The molecule has 1 aromatic rings. The molecule has 0 bridgehead atoms. The third kappa shape index (κ3) is 7.97. The summed E-state index contributed by atoms with van der Waals surface area (Å²) in [4.78, 5) is 34.9. The molecule has 2 amide bonds. The van der Waals surface area contributed by atoms with Crippen LogP contribution >= 0.6 is 0 Å². The van der Waals surface area contributed by atoms with Crippen LogP contribution < -0.4 is 10.6 Å². The van der Waals surface area contributed by atoms with Gasteiger partial charge in [-0.3, -0.25) is 9.59 Å². The van der Waals surface area contributed by atoms with Crippen molar-refractivity contribution in [2.45, 2.75) is 45.0 Å². The lowest BCUT2D eigenvalue weighted by atomic mass is 10.0. The molecule has 0 spiro atoms. The minimum atomic E-state index is -4.63. The predicted molar refractivity (Wildman–Crippen MR) is 88.8 cm³/mol. The molecule has 10 heteroatoms. The van der Waals surface area contributed by atoms with E-state index in [-0.39, 0.29) is 18.5 Å². The van der Waals surface area contributed by atoms with Gasteiger partial charge >= 0.3 is 18.2 Å². The number of ether oxygens (including phenoxy) is 1. The van der Waals surface area contributed by atoms with E-state index in [1.165, 1.54) is 6.07 Å². The van der Waals surface area contributed by atoms with Crippen LogP contribution in [0.25, 0.3) is 0 Å². The molecule has 150 valence electrons. The number of carboxylic acid groups (broad SMARTS) is 1. The van der Waals surface area contributed by atoms with Crippen LogP contribution in [0.2, 0.25) is 0 Å². The fourth-order valence-corrected chi connectivity index (χ4v) is 2.01. The zero-order chi connectivity index (χ0) is 20.8. The number of hydrogen-bond donors (Lipinski definition) is 3. The van der Waals surface area contributed by atoms with Crippen LogP contribution in [0.5, 0.6) is 0 Å². The molecule has 1 aromatic carbocycles. The summed E-state index contributed by atoms with van der Waals surface area (Å²) in [6.07, 6.45) is -6.02. The molecule has 1 unspecified atom stereocenters. The molecule has 1 rings (SSSR count). The molecule has 0 aliphatic carbocycles. The van der Waals surface area contributed by atoms with Gasteiger partial charge in [0.05, 0.1) is 12.0 Å². The van der Waals surface area contributed by atoms with Crippen LogP contribution in [-0.4, -0.2) is 35.2 Å². The maximum Gasteiger partial charge on any atom is 0.416 e. The van der Waals surface area contributed by atoms with E-state index in [0.717, 1.165) is 18.2 Å². The number of carbonyl (C=O) groups excluding carboxylic acids is 2. The van der Waals surface area contributed by atoms with Crippen LogP contribution in [0.1, 0.15) is 44.4 Å². The zero-order valence-electron chi connectivity index (χ0n) is 15.0. The van der Waals surface area contributed by atoms with Gasteiger partial charge < -0.3 is 20.5 Å². The summed E-state index contributed by atoms with van der Waals surface area (Å²) in [6, 6.07) is 2.42. The van der Waals surface area contributed by atoms with Crippen molar-refractivity contribution >= 4 is 18.0 Å². The van der Waals surface area contributed by atoms with Crippen LogP contribution in [0.15, 0.2) is 24.3 Å². The quantitative estimate of drug-likeness (QED) is 0.693. The largest absolute Gasteiger partial charge is 0.481 e. The van der Waals surface area contributed by atoms with E-state index >= 15 is 0 Å². The molecule has 7 nitrogen and oxygen atoms in total. The van der Waals surface area contributed by atoms with Gasteiger partial charge in [0, 0.05) is 6.54 Å². The minimum absolute atomic E-state index is 0.122. The Hall–Kier alpha value is -2.78. The number of alkyl halides is 3. The van der Waals surface area contributed by atoms with Gasteiger partial charge in [0.2, 0.25) is 5.91 Å². The number of nitrogens with one attached hydrogen (secondary N) is 2. The van der Waals surface area contributed by atoms with E-state index in [4.69, 9.17) is 9.84 Å². The lowest BCUT2D eigenvalue weighted by molar-refractivity contribution is -0.138. The second-order valence-corrected chi connectivity index (χ2v) is 6.64. The third-order valence-corrected chi connectivity index (χ3v) is 3.11. The predicted octanol–water partition coefficient (Wildman–Crippen LogP) is 2.86. The molecule has 0 aliphatic rings. The highest BCUT2D eigenvalue weighted by molar-refractivity contribution is 5.87. The first kappa shape index (κ1) is 22.3. The smallest absolute Gasteiger partial charge is 0.416 e. The van der Waals surface area contributed by atoms with Crippen LogP contribution in [0.4, 0.5) is 18.0 Å². The van der Waals surface area contributed by atoms with E-state index < -0.39 is 41.4 Å². The summed E-state index contributed by atoms with van der Waals surface area (Å²) in [6.45, 7) is 4.50. The van der Waals surface area contributed by atoms with E-state index in [1.54, 1.807) is 20.8 Å². The maximum absolute atomic E-state index is 12.9. The van der Waals surface area contributed by atoms with Gasteiger partial charge in [-0.05, 0) is 38.5 Å². The van der Waals surface area contributed by atoms with Gasteiger partial charge in [0.1, 0.15) is 11.6 Å². The zero-order valence-corrected chi connectivity index (χ0v) is 15.0. The molecule has 1 atom stereocenters. The Morgan fingerprint density at radius 1 is 1.19 bits per heavy atom. The van der Waals surface area contributed by atoms with Crippen molar-refractivity contribution in [2.75, 3.05) is 6.54 Å². The molecule has 0 aliphatic heterocycles. The lowest BCUT2D eigenvalue weighted by Crippen LogP contribution is -2.43. The highest BCUT2D eigenvalue weighted by Gasteiger charge is 2.32. The van der Waals surface area contributed by atoms with E-state index in [0.29, 0.717) is 0 Å². The molecule has 27 heavy (non-hydrogen) atoms. The van der Waals surface area contributed by atoms with Crippen molar-refractivity contribution in [3.63, 3.8) is 0 Å². The number of benzene rings is 1. The Morgan fingerprint density at radius 2 is 1.81 bits per heavy atom. The number of aliphatic carboxylic acids is 1. The normalized spacial score (nSPS) is 12.8. The highest BCUT2D eigenvalue weighted by Crippen LogP contribution is 2.31. The Labute approximate surface area is 153 Å². The minimum Gasteiger partial charge on any atom is -0.481 e. The Morgan fingerprint density at radius 3 is 2.33 bits per heavy atom. The first-order valence-corrected chi connectivity index (χ1v) is 7.96. The van der Waals surface area contributed by atoms with E-state index in [2.05, 4.69) is 10.6 Å². The van der Waals surface area contributed by atoms with Gasteiger partial charge in [-0.1, -0.05) is 12.1 Å². The Bertz CT molecular complexity index is 699. The first-order valence-electron chi connectivity index (χ1n) is 7.96. The van der Waals surface area contributed by atoms with Crippen molar-refractivity contribution in [1.29, 1.82) is 0 Å². The van der Waals surface area contributed by atoms with Crippen LogP contribution in [0, 0.1) is 0 Å². The molecule has 0 aromatic heterocycles. The monoisotopic (exact) mass is 390 g/mol. The van der Waals surface area contributed by atoms with Crippen molar-refractivity contribution in [2.24, 2.45) is 0 Å². The number of alkyl carbamates (subject to hydrolysis) is 1. The van der Waals surface area contributed by atoms with Crippen molar-refractivity contribution in [3.05, 3.63) is 35.4 Å². The van der Waals surface area contributed by atoms with Crippen molar-refractivity contribution in [1.82, 2.24) is 10.6 Å². The van der Waals surface area contributed by atoms with Gasteiger partial charge in [-0.25, -0.2) is 4.79 Å². The van der Waals surface area contributed by atoms with E-state index in [9.17, 15) is 27.6 Å². The van der Waals surface area contributed by atoms with Crippen molar-refractivity contribution < 1.29 is 37.4 Å². The summed E-state index contributed by atoms with van der Waals surface area (Å²) in [5, 5.41) is 13.1. The molecular formula is C17H21F3N2O5. The number of carbonyl (C=O) groups is 3. The molecule has 0 saturated heterocycles. The second kappa shape index (κ2) is 8.74. The average molecular weight is 390 g/mol. The molecular weight excluding hydrogens is 369 g/mol.